The second kappa shape index (κ2) is 8.38. The smallest absolute Gasteiger partial charge is 0.374 e. The fraction of sp³-hybridized carbons (Fsp3) is 0.292. The summed E-state index contributed by atoms with van der Waals surface area (Å²) in [5.41, 5.74) is 1.69. The first-order valence-corrected chi connectivity index (χ1v) is 9.94. The van der Waals surface area contributed by atoms with Crippen molar-refractivity contribution in [2.45, 2.75) is 45.9 Å². The second-order valence-electron chi connectivity index (χ2n) is 7.07. The van der Waals surface area contributed by atoms with Gasteiger partial charge in [0.25, 0.3) is 5.60 Å². The van der Waals surface area contributed by atoms with Crippen LogP contribution in [-0.2, 0) is 10.4 Å². The molecule has 2 heterocycles. The van der Waals surface area contributed by atoms with Gasteiger partial charge in [-0.25, -0.2) is 0 Å². The van der Waals surface area contributed by atoms with E-state index >= 15 is 0 Å². The van der Waals surface area contributed by atoms with E-state index in [0.29, 0.717) is 5.56 Å². The highest BCUT2D eigenvalue weighted by molar-refractivity contribution is 6.02. The Bertz CT molecular complexity index is 1020. The van der Waals surface area contributed by atoms with E-state index in [1.807, 2.05) is 50.6 Å². The van der Waals surface area contributed by atoms with E-state index in [1.54, 1.807) is 30.3 Å². The molecule has 1 aromatic heterocycles. The van der Waals surface area contributed by atoms with Gasteiger partial charge in [0.2, 0.25) is 0 Å². The van der Waals surface area contributed by atoms with Crippen LogP contribution in [0.25, 0.3) is 5.69 Å². The molecule has 0 radical (unpaired) electrons. The van der Waals surface area contributed by atoms with E-state index in [-0.39, 0.29) is 17.7 Å². The van der Waals surface area contributed by atoms with Crippen molar-refractivity contribution in [2.75, 3.05) is 0 Å². The maximum absolute atomic E-state index is 13.9. The molecule has 3 aromatic rings. The van der Waals surface area contributed by atoms with Crippen LogP contribution in [0, 0.1) is 13.8 Å². The largest absolute Gasteiger partial charge is 0.435 e. The van der Waals surface area contributed by atoms with Crippen LogP contribution in [0.1, 0.15) is 42.7 Å². The first-order valence-electron chi connectivity index (χ1n) is 9.94. The van der Waals surface area contributed by atoms with E-state index < -0.39 is 11.8 Å². The molecule has 6 heteroatoms. The third kappa shape index (κ3) is 3.86. The number of alkyl halides is 3. The van der Waals surface area contributed by atoms with Gasteiger partial charge in [0.15, 0.2) is 0 Å². The van der Waals surface area contributed by atoms with Gasteiger partial charge in [-0.3, -0.25) is 0 Å². The van der Waals surface area contributed by atoms with Crippen molar-refractivity contribution in [2.24, 2.45) is 5.16 Å². The Morgan fingerprint density at radius 3 is 2.13 bits per heavy atom. The summed E-state index contributed by atoms with van der Waals surface area (Å²) in [7, 11) is 0. The number of hydrogen-bond acceptors (Lipinski definition) is 2. The molecule has 158 valence electrons. The minimum Gasteiger partial charge on any atom is -0.374 e. The summed E-state index contributed by atoms with van der Waals surface area (Å²) in [4.78, 5) is 5.05. The average Bonchev–Trinajstić information content (AvgIpc) is 3.34. The van der Waals surface area contributed by atoms with Gasteiger partial charge < -0.3 is 9.40 Å². The molecule has 0 amide bonds. The highest BCUT2D eigenvalue weighted by Gasteiger charge is 2.62. The zero-order valence-electron chi connectivity index (χ0n) is 17.5. The molecule has 2 aromatic carbocycles. The Balaban J connectivity index is 0.00000124. The molecule has 1 unspecified atom stereocenters. The first-order chi connectivity index (χ1) is 14.3. The highest BCUT2D eigenvalue weighted by atomic mass is 19.4. The molecular weight excluding hydrogens is 389 g/mol. The standard InChI is InChI=1S/C22H19F3N2O.C2H6/c1-15-12-16(2)27(14-15)19-10-8-17(9-11-19)20-13-21(28-26-20,22(23,24)25)18-6-4-3-5-7-18;1-2/h3-12,14H,13H2,1-2H3;1-2H3. The maximum atomic E-state index is 13.9. The summed E-state index contributed by atoms with van der Waals surface area (Å²) in [5, 5.41) is 3.82. The molecule has 0 N–H and O–H groups in total. The summed E-state index contributed by atoms with van der Waals surface area (Å²) in [6.07, 6.45) is -2.93. The average molecular weight is 414 g/mol. The normalized spacial score (nSPS) is 18.3. The monoisotopic (exact) mass is 414 g/mol. The molecule has 0 saturated carbocycles. The van der Waals surface area contributed by atoms with Gasteiger partial charge in [-0.1, -0.05) is 61.5 Å². The minimum absolute atomic E-state index is 0.0521. The number of oxime groups is 1. The van der Waals surface area contributed by atoms with Gasteiger partial charge in [0, 0.05) is 29.6 Å². The summed E-state index contributed by atoms with van der Waals surface area (Å²) in [6.45, 7) is 8.02. The van der Waals surface area contributed by atoms with Crippen molar-refractivity contribution >= 4 is 5.71 Å². The quantitative estimate of drug-likeness (QED) is 0.468. The van der Waals surface area contributed by atoms with Crippen LogP contribution in [0.4, 0.5) is 13.2 Å². The van der Waals surface area contributed by atoms with Crippen LogP contribution in [0.15, 0.2) is 72.0 Å². The lowest BCUT2D eigenvalue weighted by Crippen LogP contribution is -2.42. The Hall–Kier alpha value is -3.02. The lowest BCUT2D eigenvalue weighted by Gasteiger charge is -2.29. The molecule has 30 heavy (non-hydrogen) atoms. The van der Waals surface area contributed by atoms with Gasteiger partial charge in [-0.2, -0.15) is 13.2 Å². The molecule has 0 fully saturated rings. The molecular formula is C24H25F3N2O. The number of benzene rings is 2. The Morgan fingerprint density at radius 1 is 0.967 bits per heavy atom. The predicted molar refractivity (Wildman–Crippen MR) is 113 cm³/mol. The lowest BCUT2D eigenvalue weighted by atomic mass is 9.86. The van der Waals surface area contributed by atoms with Gasteiger partial charge in [-0.05, 0) is 43.2 Å². The molecule has 3 nitrogen and oxygen atoms in total. The molecule has 1 atom stereocenters. The lowest BCUT2D eigenvalue weighted by molar-refractivity contribution is -0.275. The third-order valence-corrected chi connectivity index (χ3v) is 5.05. The number of rotatable bonds is 3. The number of nitrogens with zero attached hydrogens (tertiary/aromatic N) is 2. The van der Waals surface area contributed by atoms with E-state index in [0.717, 1.165) is 16.9 Å². The van der Waals surface area contributed by atoms with Gasteiger partial charge in [-0.15, -0.1) is 0 Å². The van der Waals surface area contributed by atoms with Crippen molar-refractivity contribution in [3.63, 3.8) is 0 Å². The van der Waals surface area contributed by atoms with E-state index in [1.165, 1.54) is 12.1 Å². The summed E-state index contributed by atoms with van der Waals surface area (Å²) < 4.78 is 43.8. The third-order valence-electron chi connectivity index (χ3n) is 5.05. The van der Waals surface area contributed by atoms with E-state index in [2.05, 4.69) is 11.2 Å². The Kier molecular flexibility index (Phi) is 6.06. The van der Waals surface area contributed by atoms with Crippen LogP contribution < -0.4 is 0 Å². The van der Waals surface area contributed by atoms with E-state index in [9.17, 15) is 13.2 Å². The van der Waals surface area contributed by atoms with Crippen LogP contribution in [-0.4, -0.2) is 16.5 Å². The first kappa shape index (κ1) is 21.7. The van der Waals surface area contributed by atoms with Crippen LogP contribution in [0.2, 0.25) is 0 Å². The molecule has 1 aliphatic heterocycles. The highest BCUT2D eigenvalue weighted by Crippen LogP contribution is 2.48. The van der Waals surface area contributed by atoms with Gasteiger partial charge in [0.1, 0.15) is 0 Å². The van der Waals surface area contributed by atoms with Crippen LogP contribution in [0.5, 0.6) is 0 Å². The van der Waals surface area contributed by atoms with Crippen molar-refractivity contribution in [1.82, 2.24) is 4.57 Å². The molecule has 0 saturated heterocycles. The molecule has 0 aliphatic carbocycles. The summed E-state index contributed by atoms with van der Waals surface area (Å²) >= 11 is 0. The van der Waals surface area contributed by atoms with Gasteiger partial charge >= 0.3 is 6.18 Å². The Morgan fingerprint density at radius 2 is 1.60 bits per heavy atom. The SMILES string of the molecule is CC.Cc1cc(C)n(-c2ccc(C3=NOC(c4ccccc4)(C(F)(F)F)C3)cc2)c1. The summed E-state index contributed by atoms with van der Waals surface area (Å²) in [6, 6.07) is 17.0. The number of aryl methyl sites for hydroxylation is 2. The molecule has 0 bridgehead atoms. The topological polar surface area (TPSA) is 26.5 Å². The molecule has 1 aliphatic rings. The van der Waals surface area contributed by atoms with Crippen LogP contribution in [0.3, 0.4) is 0 Å². The predicted octanol–water partition coefficient (Wildman–Crippen LogP) is 6.70. The zero-order chi connectivity index (χ0) is 21.9. The second-order valence-corrected chi connectivity index (χ2v) is 7.07. The van der Waals surface area contributed by atoms with Crippen molar-refractivity contribution in [3.05, 3.63) is 89.2 Å². The summed E-state index contributed by atoms with van der Waals surface area (Å²) in [5.74, 6) is 0. The van der Waals surface area contributed by atoms with Crippen LogP contribution >= 0.6 is 0 Å². The van der Waals surface area contributed by atoms with Crippen molar-refractivity contribution in [1.29, 1.82) is 0 Å². The zero-order valence-corrected chi connectivity index (χ0v) is 17.5. The number of aromatic nitrogens is 1. The number of halogens is 3. The molecule has 0 spiro atoms. The van der Waals surface area contributed by atoms with Gasteiger partial charge in [0.05, 0.1) is 5.71 Å². The Labute approximate surface area is 174 Å². The number of hydrogen-bond donors (Lipinski definition) is 0. The van der Waals surface area contributed by atoms with Crippen molar-refractivity contribution in [3.8, 4) is 5.69 Å². The fourth-order valence-corrected chi connectivity index (χ4v) is 3.60. The van der Waals surface area contributed by atoms with E-state index in [4.69, 9.17) is 4.84 Å². The van der Waals surface area contributed by atoms with Crippen molar-refractivity contribution < 1.29 is 18.0 Å². The molecule has 4 rings (SSSR count). The maximum Gasteiger partial charge on any atom is 0.435 e. The fourth-order valence-electron chi connectivity index (χ4n) is 3.60. The minimum atomic E-state index is -4.58.